The van der Waals surface area contributed by atoms with E-state index < -0.39 is 58.2 Å². The third-order valence-electron chi connectivity index (χ3n) is 6.61. The van der Waals surface area contributed by atoms with Crippen molar-refractivity contribution in [3.63, 3.8) is 0 Å². The van der Waals surface area contributed by atoms with E-state index in [1.807, 2.05) is 0 Å². The molecule has 13 nitrogen and oxygen atoms in total. The van der Waals surface area contributed by atoms with Crippen LogP contribution >= 0.6 is 11.8 Å². The molecule has 0 aromatic heterocycles. The first-order valence-corrected chi connectivity index (χ1v) is 13.3. The van der Waals surface area contributed by atoms with Gasteiger partial charge in [-0.3, -0.25) is 24.9 Å². The van der Waals surface area contributed by atoms with Crippen LogP contribution in [-0.2, 0) is 40.1 Å². The van der Waals surface area contributed by atoms with Gasteiger partial charge in [-0.25, -0.2) is 9.59 Å². The van der Waals surface area contributed by atoms with Crippen molar-refractivity contribution >= 4 is 48.0 Å². The van der Waals surface area contributed by atoms with Gasteiger partial charge >= 0.3 is 23.9 Å². The van der Waals surface area contributed by atoms with Crippen molar-refractivity contribution in [2.24, 2.45) is 5.73 Å². The summed E-state index contributed by atoms with van der Waals surface area (Å²) in [4.78, 5) is 75.3. The molecule has 0 saturated carbocycles. The van der Waals surface area contributed by atoms with E-state index in [2.05, 4.69) is 5.32 Å². The molecule has 41 heavy (non-hydrogen) atoms. The molecular weight excluding hydrogens is 558 g/mol. The Morgan fingerprint density at radius 2 is 1.68 bits per heavy atom. The third kappa shape index (κ3) is 5.47. The van der Waals surface area contributed by atoms with Crippen molar-refractivity contribution in [1.29, 1.82) is 0 Å². The first-order chi connectivity index (χ1) is 19.4. The molecule has 2 aromatic carbocycles. The van der Waals surface area contributed by atoms with E-state index in [1.54, 1.807) is 37.3 Å². The molecule has 2 fully saturated rings. The number of carbonyl (C=O) groups is 6. The van der Waals surface area contributed by atoms with Gasteiger partial charge in [0, 0.05) is 19.1 Å². The summed E-state index contributed by atoms with van der Waals surface area (Å²) in [6, 6.07) is 12.5. The number of nitrogens with two attached hydrogens (primary N) is 1. The normalized spacial score (nSPS) is 24.4. The molecule has 2 heterocycles. The van der Waals surface area contributed by atoms with Crippen LogP contribution < -0.4 is 20.5 Å². The number of esters is 4. The molecule has 2 saturated heterocycles. The second kappa shape index (κ2) is 11.6. The Morgan fingerprint density at radius 1 is 1.02 bits per heavy atom. The topological polar surface area (TPSA) is 181 Å². The summed E-state index contributed by atoms with van der Waals surface area (Å²) < 4.78 is 21.2. The summed E-state index contributed by atoms with van der Waals surface area (Å²) in [5.41, 5.74) is 3.22. The first kappa shape index (κ1) is 29.6. The van der Waals surface area contributed by atoms with Crippen LogP contribution in [0.4, 0.5) is 0 Å². The zero-order chi connectivity index (χ0) is 29.9. The van der Waals surface area contributed by atoms with E-state index in [0.29, 0.717) is 12.0 Å². The highest BCUT2D eigenvalue weighted by atomic mass is 32.2. The molecule has 4 rings (SSSR count). The Kier molecular flexibility index (Phi) is 8.35. The van der Waals surface area contributed by atoms with Crippen molar-refractivity contribution in [2.45, 2.75) is 49.2 Å². The van der Waals surface area contributed by atoms with Crippen LogP contribution in [0.2, 0.25) is 0 Å². The number of rotatable bonds is 10. The average molecular weight is 586 g/mol. The van der Waals surface area contributed by atoms with Crippen LogP contribution in [0.3, 0.4) is 0 Å². The summed E-state index contributed by atoms with van der Waals surface area (Å²) >= 11 is 1.15. The van der Waals surface area contributed by atoms with Gasteiger partial charge in [0.05, 0.1) is 5.56 Å². The maximum Gasteiger partial charge on any atom is 0.338 e. The number of benzene rings is 2. The molecule has 2 aliphatic rings. The maximum atomic E-state index is 13.7. The molecule has 2 aliphatic heterocycles. The second-order valence-electron chi connectivity index (χ2n) is 9.35. The quantitative estimate of drug-likeness (QED) is 0.132. The minimum Gasteiger partial charge on any atom is -0.459 e. The highest BCUT2D eigenvalue weighted by molar-refractivity contribution is 8.01. The van der Waals surface area contributed by atoms with Crippen molar-refractivity contribution in [3.05, 3.63) is 59.7 Å². The van der Waals surface area contributed by atoms with E-state index >= 15 is 0 Å². The number of carbonyl (C=O) groups excluding carboxylic acids is 6. The first-order valence-electron chi connectivity index (χ1n) is 12.3. The molecule has 216 valence electrons. The zero-order valence-corrected chi connectivity index (χ0v) is 23.1. The summed E-state index contributed by atoms with van der Waals surface area (Å²) in [7, 11) is 0. The minimum atomic E-state index is -1.78. The predicted octanol–water partition coefficient (Wildman–Crippen LogP) is 0.881. The van der Waals surface area contributed by atoms with Gasteiger partial charge in [-0.1, -0.05) is 37.3 Å². The molecule has 0 aliphatic carbocycles. The SMILES string of the molecule is CC(=O)Oc1ccc(C(=O)OCC2(C(=O)OCc3ccccc3)C(C)SC3N2C(=O)C3(N)NC=O)cc1OC(C)=O. The van der Waals surface area contributed by atoms with Gasteiger partial charge in [0.2, 0.25) is 6.41 Å². The second-order valence-corrected chi connectivity index (χ2v) is 10.8. The monoisotopic (exact) mass is 585 g/mol. The Morgan fingerprint density at radius 3 is 2.32 bits per heavy atom. The van der Waals surface area contributed by atoms with E-state index in [0.717, 1.165) is 31.7 Å². The zero-order valence-electron chi connectivity index (χ0n) is 22.3. The van der Waals surface area contributed by atoms with Crippen molar-refractivity contribution in [3.8, 4) is 11.5 Å². The van der Waals surface area contributed by atoms with Gasteiger partial charge in [-0.15, -0.1) is 11.8 Å². The van der Waals surface area contributed by atoms with Crippen molar-refractivity contribution < 1.29 is 47.7 Å². The fourth-order valence-corrected chi connectivity index (χ4v) is 6.24. The number of nitrogens with one attached hydrogen (secondary N) is 1. The lowest BCUT2D eigenvalue weighted by atomic mass is 9.86. The molecule has 3 N–H and O–H groups in total. The van der Waals surface area contributed by atoms with Crippen LogP contribution in [0.1, 0.15) is 36.7 Å². The lowest BCUT2D eigenvalue weighted by Crippen LogP contribution is -2.85. The summed E-state index contributed by atoms with van der Waals surface area (Å²) in [6.45, 7) is 3.22. The number of β-lactam (4-membered cyclic amide) rings is 1. The molecule has 2 aromatic rings. The van der Waals surface area contributed by atoms with Crippen LogP contribution in [0.25, 0.3) is 0 Å². The van der Waals surface area contributed by atoms with E-state index in [9.17, 15) is 28.8 Å². The Bertz CT molecular complexity index is 1400. The molecule has 4 unspecified atom stereocenters. The number of fused-ring (bicyclic) bond motifs is 1. The molecule has 0 spiro atoms. The standard InChI is InChI=1S/C27H27N3O10S/c1-15-26(25(36)37-12-18-7-5-4-6-8-18,30-23(35)27(28,29-14-31)24(30)41-15)13-38-22(34)19-9-10-20(39-16(2)32)21(11-19)40-17(3)33/h4-11,14-15,24H,12-13,28H2,1-3H3,(H,29,31). The average Bonchev–Trinajstić information content (AvgIpc) is 3.22. The molecular formula is C27H27N3O10S. The Labute approximate surface area is 238 Å². The van der Waals surface area contributed by atoms with E-state index in [-0.39, 0.29) is 23.7 Å². The summed E-state index contributed by atoms with van der Waals surface area (Å²) in [5.74, 6) is -4.20. The number of ether oxygens (including phenoxy) is 4. The van der Waals surface area contributed by atoms with Crippen LogP contribution in [0, 0.1) is 0 Å². The van der Waals surface area contributed by atoms with Gasteiger partial charge in [0.15, 0.2) is 22.7 Å². The summed E-state index contributed by atoms with van der Waals surface area (Å²) in [6.07, 6.45) is 0.300. The number of nitrogens with zero attached hydrogens (tertiary/aromatic N) is 1. The maximum absolute atomic E-state index is 13.7. The van der Waals surface area contributed by atoms with Gasteiger partial charge in [0.1, 0.15) is 18.6 Å². The smallest absolute Gasteiger partial charge is 0.338 e. The van der Waals surface area contributed by atoms with Gasteiger partial charge in [-0.05, 0) is 23.8 Å². The molecule has 0 bridgehead atoms. The number of hydrogen-bond donors (Lipinski definition) is 2. The lowest BCUT2D eigenvalue weighted by molar-refractivity contribution is -0.184. The highest BCUT2D eigenvalue weighted by Crippen LogP contribution is 2.53. The fourth-order valence-electron chi connectivity index (χ4n) is 4.57. The Balaban J connectivity index is 1.61. The minimum absolute atomic E-state index is 0.0921. The third-order valence-corrected chi connectivity index (χ3v) is 8.24. The molecule has 14 heteroatoms. The molecule has 2 amide bonds. The number of amides is 2. The van der Waals surface area contributed by atoms with Gasteiger partial charge < -0.3 is 29.2 Å². The summed E-state index contributed by atoms with van der Waals surface area (Å²) in [5, 5.41) is 0.806. The molecule has 0 radical (unpaired) electrons. The van der Waals surface area contributed by atoms with Gasteiger partial charge in [0.25, 0.3) is 5.91 Å². The van der Waals surface area contributed by atoms with Crippen molar-refractivity contribution in [1.82, 2.24) is 10.2 Å². The number of thioether (sulfide) groups is 1. The fraction of sp³-hybridized carbons (Fsp3) is 0.333. The van der Waals surface area contributed by atoms with Crippen molar-refractivity contribution in [2.75, 3.05) is 6.61 Å². The largest absolute Gasteiger partial charge is 0.459 e. The predicted molar refractivity (Wildman–Crippen MR) is 142 cm³/mol. The van der Waals surface area contributed by atoms with Crippen LogP contribution in [0.15, 0.2) is 48.5 Å². The lowest BCUT2D eigenvalue weighted by Gasteiger charge is -2.53. The van der Waals surface area contributed by atoms with Crippen LogP contribution in [-0.4, -0.2) is 69.5 Å². The van der Waals surface area contributed by atoms with E-state index in [1.165, 1.54) is 17.0 Å². The van der Waals surface area contributed by atoms with Crippen LogP contribution in [0.5, 0.6) is 11.5 Å². The Hall–Kier alpha value is -4.43. The molecule has 4 atom stereocenters. The van der Waals surface area contributed by atoms with E-state index in [4.69, 9.17) is 24.7 Å². The van der Waals surface area contributed by atoms with Gasteiger partial charge in [-0.2, -0.15) is 0 Å². The number of hydrogen-bond acceptors (Lipinski definition) is 12. The highest BCUT2D eigenvalue weighted by Gasteiger charge is 2.74.